The molecule has 0 aliphatic heterocycles. The van der Waals surface area contributed by atoms with E-state index >= 15 is 0 Å². The minimum Gasteiger partial charge on any atom is -0.444 e. The highest BCUT2D eigenvalue weighted by Gasteiger charge is 2.27. The summed E-state index contributed by atoms with van der Waals surface area (Å²) in [5, 5.41) is 7.17. The van der Waals surface area contributed by atoms with Crippen molar-refractivity contribution < 1.29 is 22.7 Å². The van der Waals surface area contributed by atoms with Crippen molar-refractivity contribution in [3.63, 3.8) is 0 Å². The Bertz CT molecular complexity index is 1800. The molecule has 3 heterocycles. The molecule has 0 saturated heterocycles. The zero-order chi connectivity index (χ0) is 32.4. The summed E-state index contributed by atoms with van der Waals surface area (Å²) >= 11 is 6.42. The first-order valence-electron chi connectivity index (χ1n) is 14.6. The van der Waals surface area contributed by atoms with Gasteiger partial charge in [0, 0.05) is 48.5 Å². The van der Waals surface area contributed by atoms with Crippen LogP contribution in [0.1, 0.15) is 46.5 Å². The fourth-order valence-electron chi connectivity index (χ4n) is 5.20. The molecule has 0 bridgehead atoms. The molecule has 3 aromatic heterocycles. The van der Waals surface area contributed by atoms with E-state index in [1.807, 2.05) is 0 Å². The van der Waals surface area contributed by atoms with Crippen molar-refractivity contribution >= 4 is 50.6 Å². The van der Waals surface area contributed by atoms with Crippen molar-refractivity contribution in [3.8, 4) is 11.3 Å². The number of ether oxygens (including phenoxy) is 1. The third-order valence-electron chi connectivity index (χ3n) is 7.31. The molecule has 2 N–H and O–H groups in total. The summed E-state index contributed by atoms with van der Waals surface area (Å²) < 4.78 is 33.5. The summed E-state index contributed by atoms with van der Waals surface area (Å²) in [4.78, 5) is 39.5. The molecule has 5 rings (SSSR count). The monoisotopic (exact) mass is 653 g/mol. The molecule has 45 heavy (non-hydrogen) atoms. The Morgan fingerprint density at radius 3 is 2.42 bits per heavy atom. The Morgan fingerprint density at radius 1 is 1.04 bits per heavy atom. The standard InChI is InChI=1S/C31H36ClN7O5S/c1-31(2,3)44-30(41)38(4)19-27(40)34-20-12-14-21(15-13-20)35-29-36-25(17-26(32)37-29)24-18-39(28-23(24)11-8-16-33-28)45(42,43)22-9-6-5-7-10-22/h5-11,16-18,20-21H,12-15,19H2,1-4H3,(H,34,40)(H,35,36,37)/t20-,21-. The number of hydrogen-bond acceptors (Lipinski definition) is 9. The van der Waals surface area contributed by atoms with Gasteiger partial charge in [-0.3, -0.25) is 4.79 Å². The molecule has 1 aliphatic carbocycles. The van der Waals surface area contributed by atoms with Gasteiger partial charge in [0.25, 0.3) is 10.0 Å². The Labute approximate surface area is 267 Å². The van der Waals surface area contributed by atoms with E-state index in [0.717, 1.165) is 29.7 Å². The number of carbonyl (C=O) groups excluding carboxylic acids is 2. The van der Waals surface area contributed by atoms with Gasteiger partial charge in [-0.2, -0.15) is 0 Å². The van der Waals surface area contributed by atoms with Gasteiger partial charge in [0.05, 0.1) is 10.6 Å². The molecule has 1 fully saturated rings. The van der Waals surface area contributed by atoms with Crippen molar-refractivity contribution in [2.45, 2.75) is 69.0 Å². The second kappa shape index (κ2) is 13.0. The molecule has 0 spiro atoms. The number of fused-ring (bicyclic) bond motifs is 1. The summed E-state index contributed by atoms with van der Waals surface area (Å²) in [5.41, 5.74) is 0.637. The number of halogens is 1. The van der Waals surface area contributed by atoms with Gasteiger partial charge in [-0.25, -0.2) is 32.1 Å². The molecular weight excluding hydrogens is 618 g/mol. The lowest BCUT2D eigenvalue weighted by molar-refractivity contribution is -0.122. The number of amides is 2. The highest BCUT2D eigenvalue weighted by atomic mass is 35.5. The number of carbonyl (C=O) groups is 2. The van der Waals surface area contributed by atoms with E-state index in [1.54, 1.807) is 63.4 Å². The molecule has 4 aromatic rings. The van der Waals surface area contributed by atoms with Crippen LogP contribution in [0.3, 0.4) is 0 Å². The second-order valence-corrected chi connectivity index (χ2v) is 14.2. The molecule has 1 aromatic carbocycles. The average molecular weight is 654 g/mol. The summed E-state index contributed by atoms with van der Waals surface area (Å²) in [7, 11) is -2.39. The molecule has 1 aliphatic rings. The average Bonchev–Trinajstić information content (AvgIpc) is 3.38. The molecule has 0 radical (unpaired) electrons. The predicted molar refractivity (Wildman–Crippen MR) is 171 cm³/mol. The van der Waals surface area contributed by atoms with Gasteiger partial charge in [-0.05, 0) is 70.7 Å². The number of rotatable bonds is 8. The first-order chi connectivity index (χ1) is 21.3. The van der Waals surface area contributed by atoms with E-state index in [4.69, 9.17) is 21.3 Å². The summed E-state index contributed by atoms with van der Waals surface area (Å²) in [6, 6.07) is 13.3. The van der Waals surface area contributed by atoms with Crippen LogP contribution >= 0.6 is 11.6 Å². The third kappa shape index (κ3) is 7.71. The van der Waals surface area contributed by atoms with Gasteiger partial charge in [0.2, 0.25) is 11.9 Å². The lowest BCUT2D eigenvalue weighted by Gasteiger charge is -2.30. The van der Waals surface area contributed by atoms with Crippen LogP contribution in [0.25, 0.3) is 22.3 Å². The van der Waals surface area contributed by atoms with Crippen molar-refractivity contribution in [2.24, 2.45) is 0 Å². The Hall–Kier alpha value is -4.23. The maximum absolute atomic E-state index is 13.5. The second-order valence-electron chi connectivity index (χ2n) is 12.0. The molecule has 12 nitrogen and oxygen atoms in total. The lowest BCUT2D eigenvalue weighted by atomic mass is 9.91. The topological polar surface area (TPSA) is 148 Å². The van der Waals surface area contributed by atoms with Gasteiger partial charge in [0.1, 0.15) is 17.3 Å². The zero-order valence-corrected chi connectivity index (χ0v) is 27.1. The molecule has 0 unspecified atom stereocenters. The molecule has 2 amide bonds. The largest absolute Gasteiger partial charge is 0.444 e. The molecule has 14 heteroatoms. The number of hydrogen-bond donors (Lipinski definition) is 2. The van der Waals surface area contributed by atoms with Gasteiger partial charge >= 0.3 is 6.09 Å². The number of nitrogens with zero attached hydrogens (tertiary/aromatic N) is 5. The molecule has 0 atom stereocenters. The van der Waals surface area contributed by atoms with Gasteiger partial charge in [-0.15, -0.1) is 0 Å². The SMILES string of the molecule is CN(CC(=O)N[C@H]1CC[C@H](Nc2nc(Cl)cc(-c3cn(S(=O)(=O)c4ccccc4)c4ncccc34)n2)CC1)C(=O)OC(C)(C)C. The first-order valence-corrected chi connectivity index (χ1v) is 16.4. The van der Waals surface area contributed by atoms with Crippen molar-refractivity contribution in [1.29, 1.82) is 0 Å². The number of benzene rings is 1. The fraction of sp³-hybridized carbons (Fsp3) is 0.387. The minimum atomic E-state index is -3.92. The Morgan fingerprint density at radius 2 is 1.73 bits per heavy atom. The van der Waals surface area contributed by atoms with E-state index in [1.165, 1.54) is 30.3 Å². The smallest absolute Gasteiger partial charge is 0.410 e. The van der Waals surface area contributed by atoms with Crippen LogP contribution in [0.5, 0.6) is 0 Å². The summed E-state index contributed by atoms with van der Waals surface area (Å²) in [5.74, 6) is 0.0743. The predicted octanol–water partition coefficient (Wildman–Crippen LogP) is 5.09. The van der Waals surface area contributed by atoms with Crippen LogP contribution in [-0.2, 0) is 19.6 Å². The quantitative estimate of drug-likeness (QED) is 0.248. The van der Waals surface area contributed by atoms with E-state index in [0.29, 0.717) is 22.6 Å². The molecule has 238 valence electrons. The first kappa shape index (κ1) is 32.2. The number of likely N-dealkylation sites (N-methyl/N-ethyl adjacent to an activating group) is 1. The van der Waals surface area contributed by atoms with Gasteiger partial charge in [0.15, 0.2) is 5.65 Å². The van der Waals surface area contributed by atoms with E-state index in [9.17, 15) is 18.0 Å². The van der Waals surface area contributed by atoms with Crippen molar-refractivity contribution in [3.05, 3.63) is 66.1 Å². The fourth-order valence-corrected chi connectivity index (χ4v) is 6.73. The number of pyridine rings is 1. The van der Waals surface area contributed by atoms with Gasteiger partial charge in [-0.1, -0.05) is 29.8 Å². The van der Waals surface area contributed by atoms with E-state index in [2.05, 4.69) is 20.6 Å². The maximum atomic E-state index is 13.5. The van der Waals surface area contributed by atoms with Crippen LogP contribution in [0.4, 0.5) is 10.7 Å². The van der Waals surface area contributed by atoms with Crippen molar-refractivity contribution in [1.82, 2.24) is 29.1 Å². The van der Waals surface area contributed by atoms with Crippen LogP contribution < -0.4 is 10.6 Å². The number of anilines is 1. The molecule has 1 saturated carbocycles. The normalized spacial score (nSPS) is 17.1. The Kier molecular flexibility index (Phi) is 9.31. The molecular formula is C31H36ClN7O5S. The highest BCUT2D eigenvalue weighted by molar-refractivity contribution is 7.90. The zero-order valence-electron chi connectivity index (χ0n) is 25.5. The van der Waals surface area contributed by atoms with Crippen LogP contribution in [-0.4, -0.2) is 75.5 Å². The van der Waals surface area contributed by atoms with Crippen LogP contribution in [0.15, 0.2) is 65.8 Å². The summed E-state index contributed by atoms with van der Waals surface area (Å²) in [6.07, 6.45) is 5.45. The van der Waals surface area contributed by atoms with E-state index < -0.39 is 21.7 Å². The third-order valence-corrected chi connectivity index (χ3v) is 9.17. The maximum Gasteiger partial charge on any atom is 0.410 e. The van der Waals surface area contributed by atoms with Crippen LogP contribution in [0.2, 0.25) is 5.15 Å². The van der Waals surface area contributed by atoms with Crippen molar-refractivity contribution in [2.75, 3.05) is 18.9 Å². The highest BCUT2D eigenvalue weighted by Crippen LogP contribution is 2.33. The lowest BCUT2D eigenvalue weighted by Crippen LogP contribution is -2.46. The van der Waals surface area contributed by atoms with Gasteiger partial charge < -0.3 is 20.3 Å². The number of aromatic nitrogens is 4. The Balaban J connectivity index is 1.26. The minimum absolute atomic E-state index is 0.0244. The van der Waals surface area contributed by atoms with Crippen LogP contribution in [0, 0.1) is 0 Å². The number of nitrogens with one attached hydrogen (secondary N) is 2. The summed E-state index contributed by atoms with van der Waals surface area (Å²) in [6.45, 7) is 5.23. The van der Waals surface area contributed by atoms with E-state index in [-0.39, 0.29) is 40.2 Å².